The summed E-state index contributed by atoms with van der Waals surface area (Å²) in [6, 6.07) is 4.59. The molecule has 4 rings (SSSR count). The van der Waals surface area contributed by atoms with E-state index in [2.05, 4.69) is 20.3 Å². The molecule has 0 saturated carbocycles. The van der Waals surface area contributed by atoms with Crippen LogP contribution in [0.1, 0.15) is 37.2 Å². The predicted octanol–water partition coefficient (Wildman–Crippen LogP) is 2.03. The number of fused-ring (bicyclic) bond motifs is 4. The molecule has 4 heterocycles. The highest BCUT2D eigenvalue weighted by atomic mass is 16.2. The smallest absolute Gasteiger partial charge is 0.328 e. The molecule has 152 valence electrons. The van der Waals surface area contributed by atoms with Crippen LogP contribution in [0.3, 0.4) is 0 Å². The van der Waals surface area contributed by atoms with Crippen molar-refractivity contribution in [3.63, 3.8) is 0 Å². The van der Waals surface area contributed by atoms with Gasteiger partial charge in [0.25, 0.3) is 5.56 Å². The minimum Gasteiger partial charge on any atom is -0.366 e. The first-order valence-electron chi connectivity index (χ1n) is 9.83. The number of nitrogens with zero attached hydrogens (tertiary/aromatic N) is 5. The number of carbonyl (C=O) groups excluding carboxylic acids is 2. The van der Waals surface area contributed by atoms with Gasteiger partial charge >= 0.3 is 6.03 Å². The fraction of sp³-hybridized carbons (Fsp3) is 0.450. The molecule has 2 atom stereocenters. The largest absolute Gasteiger partial charge is 0.366 e. The summed E-state index contributed by atoms with van der Waals surface area (Å²) in [7, 11) is 1.53. The van der Waals surface area contributed by atoms with Crippen LogP contribution in [0.15, 0.2) is 29.2 Å². The maximum Gasteiger partial charge on any atom is 0.328 e. The molecule has 2 unspecified atom stereocenters. The maximum absolute atomic E-state index is 13.2. The molecular formula is C20H24N6O3. The van der Waals surface area contributed by atoms with Crippen LogP contribution in [-0.4, -0.2) is 45.7 Å². The third-order valence-electron chi connectivity index (χ3n) is 5.73. The van der Waals surface area contributed by atoms with Crippen LogP contribution < -0.4 is 20.7 Å². The van der Waals surface area contributed by atoms with Gasteiger partial charge in [-0.1, -0.05) is 13.8 Å². The van der Waals surface area contributed by atoms with Crippen LogP contribution in [0.25, 0.3) is 0 Å². The molecule has 1 saturated heterocycles. The standard InChI is InChI=1S/C20H24N6O3/c1-4-12(2)17(27)14-5-6-16-18(22-14)26(13-8-10-25(16)11-13)20(29)23-15-7-9-21-24(3)19(15)28/h5-7,9,12-13H,4,8,10-11H2,1-3H3,(H,23,29). The van der Waals surface area contributed by atoms with Crippen LogP contribution in [-0.2, 0) is 7.05 Å². The normalized spacial score (nSPS) is 18.4. The van der Waals surface area contributed by atoms with E-state index in [1.807, 2.05) is 19.9 Å². The van der Waals surface area contributed by atoms with E-state index in [0.717, 1.165) is 29.8 Å². The van der Waals surface area contributed by atoms with Crippen molar-refractivity contribution in [2.24, 2.45) is 13.0 Å². The molecule has 29 heavy (non-hydrogen) atoms. The second kappa shape index (κ2) is 7.31. The molecule has 9 heteroatoms. The first-order chi connectivity index (χ1) is 13.9. The summed E-state index contributed by atoms with van der Waals surface area (Å²) in [6.45, 7) is 5.36. The summed E-state index contributed by atoms with van der Waals surface area (Å²) in [6.07, 6.45) is 2.98. The van der Waals surface area contributed by atoms with Gasteiger partial charge < -0.3 is 10.2 Å². The lowest BCUT2D eigenvalue weighted by Gasteiger charge is -2.35. The van der Waals surface area contributed by atoms with Crippen molar-refractivity contribution in [1.82, 2.24) is 14.8 Å². The number of hydrogen-bond acceptors (Lipinski definition) is 6. The summed E-state index contributed by atoms with van der Waals surface area (Å²) in [5, 5.41) is 6.57. The van der Waals surface area contributed by atoms with E-state index in [4.69, 9.17) is 0 Å². The van der Waals surface area contributed by atoms with E-state index in [0.29, 0.717) is 18.1 Å². The fourth-order valence-corrected chi connectivity index (χ4v) is 3.82. The van der Waals surface area contributed by atoms with Crippen LogP contribution in [0.5, 0.6) is 0 Å². The van der Waals surface area contributed by atoms with Gasteiger partial charge in [-0.2, -0.15) is 5.10 Å². The van der Waals surface area contributed by atoms with E-state index in [1.165, 1.54) is 19.3 Å². The highest BCUT2D eigenvalue weighted by Crippen LogP contribution is 2.39. The molecule has 1 N–H and O–H groups in total. The Morgan fingerprint density at radius 3 is 2.86 bits per heavy atom. The minimum atomic E-state index is -0.429. The molecule has 0 aliphatic carbocycles. The van der Waals surface area contributed by atoms with Gasteiger partial charge in [0, 0.05) is 32.3 Å². The second-order valence-electron chi connectivity index (χ2n) is 7.58. The number of ketones is 1. The summed E-state index contributed by atoms with van der Waals surface area (Å²) < 4.78 is 1.16. The highest BCUT2D eigenvalue weighted by Gasteiger charge is 2.40. The first kappa shape index (κ1) is 19.1. The number of aromatic nitrogens is 3. The minimum absolute atomic E-state index is 0.0356. The Kier molecular flexibility index (Phi) is 4.81. The average Bonchev–Trinajstić information content (AvgIpc) is 3.14. The van der Waals surface area contributed by atoms with Crippen molar-refractivity contribution < 1.29 is 9.59 Å². The summed E-state index contributed by atoms with van der Waals surface area (Å²) >= 11 is 0. The van der Waals surface area contributed by atoms with Gasteiger partial charge in [0.1, 0.15) is 11.4 Å². The summed E-state index contributed by atoms with van der Waals surface area (Å²) in [5.41, 5.74) is 0.955. The SMILES string of the molecule is CCC(C)C(=O)c1ccc2c(n1)N(C(=O)Nc1ccnn(C)c1=O)C1CCN2C1. The highest BCUT2D eigenvalue weighted by molar-refractivity contribution is 6.05. The molecule has 0 spiro atoms. The van der Waals surface area contributed by atoms with Gasteiger partial charge in [0.05, 0.1) is 11.7 Å². The lowest BCUT2D eigenvalue weighted by atomic mass is 10.0. The van der Waals surface area contributed by atoms with Crippen molar-refractivity contribution >= 4 is 29.0 Å². The van der Waals surface area contributed by atoms with Gasteiger partial charge in [0.2, 0.25) is 0 Å². The van der Waals surface area contributed by atoms with E-state index < -0.39 is 6.03 Å². The van der Waals surface area contributed by atoms with Crippen LogP contribution in [0.4, 0.5) is 22.0 Å². The van der Waals surface area contributed by atoms with Gasteiger partial charge in [-0.05, 0) is 31.0 Å². The van der Waals surface area contributed by atoms with E-state index in [1.54, 1.807) is 11.0 Å². The van der Waals surface area contributed by atoms with Gasteiger partial charge in [-0.3, -0.25) is 14.5 Å². The zero-order valence-electron chi connectivity index (χ0n) is 16.8. The zero-order valence-corrected chi connectivity index (χ0v) is 16.8. The number of carbonyl (C=O) groups is 2. The monoisotopic (exact) mass is 396 g/mol. The van der Waals surface area contributed by atoms with Crippen molar-refractivity contribution in [2.45, 2.75) is 32.7 Å². The van der Waals surface area contributed by atoms with Crippen LogP contribution >= 0.6 is 0 Å². The quantitative estimate of drug-likeness (QED) is 0.794. The van der Waals surface area contributed by atoms with Crippen molar-refractivity contribution in [3.05, 3.63) is 40.4 Å². The number of hydrogen-bond donors (Lipinski definition) is 1. The van der Waals surface area contributed by atoms with Gasteiger partial charge in [-0.25, -0.2) is 14.5 Å². The molecule has 2 aliphatic rings. The van der Waals surface area contributed by atoms with Crippen LogP contribution in [0.2, 0.25) is 0 Å². The number of pyridine rings is 1. The van der Waals surface area contributed by atoms with E-state index in [-0.39, 0.29) is 29.0 Å². The van der Waals surface area contributed by atoms with Crippen molar-refractivity contribution in [3.8, 4) is 0 Å². The van der Waals surface area contributed by atoms with Crippen molar-refractivity contribution in [2.75, 3.05) is 28.2 Å². The fourth-order valence-electron chi connectivity index (χ4n) is 3.82. The number of urea groups is 1. The molecule has 9 nitrogen and oxygen atoms in total. The van der Waals surface area contributed by atoms with E-state index >= 15 is 0 Å². The lowest BCUT2D eigenvalue weighted by Crippen LogP contribution is -2.49. The number of nitrogens with one attached hydrogen (secondary N) is 1. The van der Waals surface area contributed by atoms with E-state index in [9.17, 15) is 14.4 Å². The van der Waals surface area contributed by atoms with Gasteiger partial charge in [0.15, 0.2) is 11.6 Å². The molecule has 1 fully saturated rings. The summed E-state index contributed by atoms with van der Waals surface area (Å²) in [4.78, 5) is 46.4. The number of amides is 2. The molecule has 0 aromatic carbocycles. The Morgan fingerprint density at radius 1 is 1.31 bits per heavy atom. The van der Waals surface area contributed by atoms with Gasteiger partial charge in [-0.15, -0.1) is 0 Å². The zero-order chi connectivity index (χ0) is 20.7. The Labute approximate surface area is 168 Å². The molecule has 2 bridgehead atoms. The average molecular weight is 396 g/mol. The first-order valence-corrected chi connectivity index (χ1v) is 9.83. The Bertz CT molecular complexity index is 1030. The lowest BCUT2D eigenvalue weighted by molar-refractivity contribution is 0.0922. The Hall–Kier alpha value is -3.23. The number of rotatable bonds is 4. The summed E-state index contributed by atoms with van der Waals surface area (Å²) in [5.74, 6) is 0.297. The molecule has 0 radical (unpaired) electrons. The predicted molar refractivity (Wildman–Crippen MR) is 110 cm³/mol. The third-order valence-corrected chi connectivity index (χ3v) is 5.73. The van der Waals surface area contributed by atoms with Crippen molar-refractivity contribution in [1.29, 1.82) is 0 Å². The second-order valence-corrected chi connectivity index (χ2v) is 7.58. The molecular weight excluding hydrogens is 372 g/mol. The molecule has 2 aliphatic heterocycles. The number of aryl methyl sites for hydroxylation is 1. The molecule has 2 aromatic rings. The third kappa shape index (κ3) is 3.26. The number of Topliss-reactive ketones (excluding diaryl/α,β-unsaturated/α-hetero) is 1. The molecule has 2 amide bonds. The number of anilines is 3. The topological polar surface area (TPSA) is 100 Å². The molecule has 2 aromatic heterocycles. The maximum atomic E-state index is 13.2. The Morgan fingerprint density at radius 2 is 2.10 bits per heavy atom. The Balaban J connectivity index is 1.71. The van der Waals surface area contributed by atoms with Crippen LogP contribution in [0, 0.1) is 5.92 Å².